The summed E-state index contributed by atoms with van der Waals surface area (Å²) in [5.74, 6) is 0. The van der Waals surface area contributed by atoms with Crippen molar-refractivity contribution in [1.82, 2.24) is 0 Å². The van der Waals surface area contributed by atoms with Crippen LogP contribution in [0.3, 0.4) is 0 Å². The highest BCUT2D eigenvalue weighted by atomic mass is 14.7. The topological polar surface area (TPSA) is 12.4 Å². The molecule has 0 saturated heterocycles. The van der Waals surface area contributed by atoms with Gasteiger partial charge in [-0.05, 0) is 37.5 Å². The Hall–Kier alpha value is -1.11. The summed E-state index contributed by atoms with van der Waals surface area (Å²) in [4.78, 5) is 4.31. The van der Waals surface area contributed by atoms with Gasteiger partial charge in [0, 0.05) is 6.21 Å². The summed E-state index contributed by atoms with van der Waals surface area (Å²) in [6.45, 7) is 6.19. The molecule has 0 amide bonds. The van der Waals surface area contributed by atoms with Crippen LogP contribution in [0.15, 0.2) is 23.2 Å². The van der Waals surface area contributed by atoms with Gasteiger partial charge < -0.3 is 0 Å². The molecular formula is C11H15N. The molecule has 1 aromatic carbocycles. The molecule has 1 nitrogen and oxygen atoms in total. The zero-order chi connectivity index (χ0) is 8.97. The van der Waals surface area contributed by atoms with Crippen molar-refractivity contribution < 1.29 is 0 Å². The molecule has 0 aliphatic heterocycles. The van der Waals surface area contributed by atoms with E-state index in [1.54, 1.807) is 0 Å². The summed E-state index contributed by atoms with van der Waals surface area (Å²) in [5, 5.41) is 0. The van der Waals surface area contributed by atoms with Crippen LogP contribution in [0.25, 0.3) is 0 Å². The first-order valence-corrected chi connectivity index (χ1v) is 4.36. The zero-order valence-electron chi connectivity index (χ0n) is 7.96. The molecule has 0 saturated carbocycles. The van der Waals surface area contributed by atoms with Gasteiger partial charge in [-0.15, -0.1) is 0 Å². The Morgan fingerprint density at radius 2 is 2.17 bits per heavy atom. The highest BCUT2D eigenvalue weighted by Gasteiger charge is 1.97. The molecule has 0 heterocycles. The summed E-state index contributed by atoms with van der Waals surface area (Å²) < 4.78 is 0. The molecule has 0 atom stereocenters. The van der Waals surface area contributed by atoms with Crippen LogP contribution in [0.1, 0.15) is 25.0 Å². The van der Waals surface area contributed by atoms with Crippen LogP contribution >= 0.6 is 0 Å². The summed E-state index contributed by atoms with van der Waals surface area (Å²) >= 11 is 0. The van der Waals surface area contributed by atoms with Crippen molar-refractivity contribution in [2.75, 3.05) is 0 Å². The van der Waals surface area contributed by atoms with Crippen molar-refractivity contribution in [3.8, 4) is 0 Å². The molecule has 0 fully saturated rings. The number of benzene rings is 1. The fourth-order valence-corrected chi connectivity index (χ4v) is 1.23. The zero-order valence-corrected chi connectivity index (χ0v) is 7.96. The molecule has 0 N–H and O–H groups in total. The van der Waals surface area contributed by atoms with E-state index in [1.165, 1.54) is 11.1 Å². The van der Waals surface area contributed by atoms with E-state index in [2.05, 4.69) is 37.0 Å². The lowest BCUT2D eigenvalue weighted by Crippen LogP contribution is -1.82. The third-order valence-corrected chi connectivity index (χ3v) is 1.89. The van der Waals surface area contributed by atoms with E-state index in [-0.39, 0.29) is 0 Å². The van der Waals surface area contributed by atoms with Crippen LogP contribution in [-0.2, 0) is 6.42 Å². The lowest BCUT2D eigenvalue weighted by Gasteiger charge is -2.02. The Bertz CT molecular complexity index is 287. The molecule has 1 aromatic rings. The molecule has 0 aliphatic rings. The van der Waals surface area contributed by atoms with Gasteiger partial charge in [0.05, 0.1) is 5.69 Å². The number of hydrogen-bond donors (Lipinski definition) is 0. The fraction of sp³-hybridized carbons (Fsp3) is 0.364. The predicted molar refractivity (Wildman–Crippen MR) is 54.4 cm³/mol. The second-order valence-electron chi connectivity index (χ2n) is 2.87. The monoisotopic (exact) mass is 161 g/mol. The maximum absolute atomic E-state index is 4.31. The van der Waals surface area contributed by atoms with E-state index in [4.69, 9.17) is 0 Å². The second-order valence-corrected chi connectivity index (χ2v) is 2.87. The molecule has 0 radical (unpaired) electrons. The molecule has 12 heavy (non-hydrogen) atoms. The normalized spacial score (nSPS) is 10.9. The van der Waals surface area contributed by atoms with Gasteiger partial charge in [0.2, 0.25) is 0 Å². The summed E-state index contributed by atoms with van der Waals surface area (Å²) in [6, 6.07) is 6.41. The number of hydrogen-bond acceptors (Lipinski definition) is 1. The number of nitrogens with zero attached hydrogens (tertiary/aromatic N) is 1. The van der Waals surface area contributed by atoms with Gasteiger partial charge >= 0.3 is 0 Å². The highest BCUT2D eigenvalue weighted by molar-refractivity contribution is 5.62. The Labute approximate surface area is 74.2 Å². The number of aliphatic imine (C=N–C) groups is 1. The predicted octanol–water partition coefficient (Wildman–Crippen LogP) is 3.28. The standard InChI is InChI=1S/C11H15N/c1-4-10-7-6-9(3)8-11(10)12-5-2/h5-8H,4H2,1-3H3. The summed E-state index contributed by atoms with van der Waals surface area (Å²) in [7, 11) is 0. The molecule has 0 unspecified atom stereocenters. The molecule has 0 spiro atoms. The van der Waals surface area contributed by atoms with Crippen molar-refractivity contribution in [3.63, 3.8) is 0 Å². The average Bonchev–Trinajstić information content (AvgIpc) is 2.05. The lowest BCUT2D eigenvalue weighted by atomic mass is 10.1. The van der Waals surface area contributed by atoms with Crippen LogP contribution < -0.4 is 0 Å². The molecule has 0 aromatic heterocycles. The largest absolute Gasteiger partial charge is 0.261 e. The molecular weight excluding hydrogens is 146 g/mol. The Morgan fingerprint density at radius 3 is 2.75 bits per heavy atom. The van der Waals surface area contributed by atoms with Crippen LogP contribution in [0.4, 0.5) is 5.69 Å². The average molecular weight is 161 g/mol. The van der Waals surface area contributed by atoms with E-state index in [0.29, 0.717) is 0 Å². The van der Waals surface area contributed by atoms with Crippen molar-refractivity contribution in [1.29, 1.82) is 0 Å². The molecule has 1 heteroatoms. The third-order valence-electron chi connectivity index (χ3n) is 1.89. The van der Waals surface area contributed by atoms with Crippen LogP contribution in [0, 0.1) is 6.92 Å². The van der Waals surface area contributed by atoms with Crippen molar-refractivity contribution >= 4 is 11.9 Å². The van der Waals surface area contributed by atoms with E-state index in [1.807, 2.05) is 13.1 Å². The number of aryl methyl sites for hydroxylation is 2. The van der Waals surface area contributed by atoms with Gasteiger partial charge in [0.25, 0.3) is 0 Å². The van der Waals surface area contributed by atoms with Crippen molar-refractivity contribution in [2.45, 2.75) is 27.2 Å². The summed E-state index contributed by atoms with van der Waals surface area (Å²) in [6.07, 6.45) is 2.89. The first kappa shape index (κ1) is 8.98. The van der Waals surface area contributed by atoms with Gasteiger partial charge in [-0.25, -0.2) is 0 Å². The molecule has 1 rings (SSSR count). The van der Waals surface area contributed by atoms with Gasteiger partial charge in [-0.2, -0.15) is 0 Å². The van der Waals surface area contributed by atoms with E-state index < -0.39 is 0 Å². The van der Waals surface area contributed by atoms with E-state index >= 15 is 0 Å². The maximum Gasteiger partial charge on any atom is 0.0660 e. The highest BCUT2D eigenvalue weighted by Crippen LogP contribution is 2.20. The lowest BCUT2D eigenvalue weighted by molar-refractivity contribution is 1.13. The second kappa shape index (κ2) is 4.05. The molecule has 64 valence electrons. The van der Waals surface area contributed by atoms with Crippen LogP contribution in [-0.4, -0.2) is 6.21 Å². The number of rotatable bonds is 2. The summed E-state index contributed by atoms with van der Waals surface area (Å²) in [5.41, 5.74) is 3.70. The van der Waals surface area contributed by atoms with Crippen LogP contribution in [0.2, 0.25) is 0 Å². The van der Waals surface area contributed by atoms with Gasteiger partial charge in [-0.1, -0.05) is 19.1 Å². The minimum Gasteiger partial charge on any atom is -0.261 e. The minimum atomic E-state index is 1.05. The van der Waals surface area contributed by atoms with E-state index in [0.717, 1.165) is 12.1 Å². The first-order valence-electron chi connectivity index (χ1n) is 4.36. The first-order chi connectivity index (χ1) is 5.77. The Morgan fingerprint density at radius 1 is 1.42 bits per heavy atom. The van der Waals surface area contributed by atoms with Gasteiger partial charge in [0.1, 0.15) is 0 Å². The fourth-order valence-electron chi connectivity index (χ4n) is 1.23. The minimum absolute atomic E-state index is 1.05. The van der Waals surface area contributed by atoms with Gasteiger partial charge in [-0.3, -0.25) is 4.99 Å². The van der Waals surface area contributed by atoms with Gasteiger partial charge in [0.15, 0.2) is 0 Å². The maximum atomic E-state index is 4.31. The van der Waals surface area contributed by atoms with Crippen molar-refractivity contribution in [3.05, 3.63) is 29.3 Å². The smallest absolute Gasteiger partial charge is 0.0660 e. The Kier molecular flexibility index (Phi) is 3.03. The SMILES string of the molecule is CC=Nc1cc(C)ccc1CC. The van der Waals surface area contributed by atoms with Crippen LogP contribution in [0.5, 0.6) is 0 Å². The quantitative estimate of drug-likeness (QED) is 0.590. The van der Waals surface area contributed by atoms with E-state index in [9.17, 15) is 0 Å². The Balaban J connectivity index is 3.12. The third kappa shape index (κ3) is 1.94. The molecule has 0 bridgehead atoms. The van der Waals surface area contributed by atoms with Crippen molar-refractivity contribution in [2.24, 2.45) is 4.99 Å². The molecule has 0 aliphatic carbocycles.